The molecule has 0 aliphatic carbocycles. The molecule has 2 aliphatic rings. The number of carbonyl (C=O) groups is 3. The van der Waals surface area contributed by atoms with Gasteiger partial charge in [-0.05, 0) is 60.2 Å². The molecule has 1 fully saturated rings. The van der Waals surface area contributed by atoms with Crippen molar-refractivity contribution in [2.45, 2.75) is 58.0 Å². The number of nitriles is 1. The van der Waals surface area contributed by atoms with Crippen molar-refractivity contribution in [1.29, 1.82) is 5.26 Å². The van der Waals surface area contributed by atoms with Crippen molar-refractivity contribution in [2.24, 2.45) is 5.41 Å². The molecule has 5 rings (SSSR count). The summed E-state index contributed by atoms with van der Waals surface area (Å²) in [6.45, 7) is 8.02. The molecule has 3 aromatic rings. The second kappa shape index (κ2) is 9.25. The van der Waals surface area contributed by atoms with Crippen LogP contribution in [0, 0.1) is 23.7 Å². The van der Waals surface area contributed by atoms with Crippen LogP contribution in [0.4, 0.5) is 5.69 Å². The van der Waals surface area contributed by atoms with Crippen molar-refractivity contribution in [2.75, 3.05) is 11.9 Å². The van der Waals surface area contributed by atoms with Crippen LogP contribution in [0.5, 0.6) is 0 Å². The summed E-state index contributed by atoms with van der Waals surface area (Å²) in [5.41, 5.74) is 2.44. The van der Waals surface area contributed by atoms with Gasteiger partial charge >= 0.3 is 0 Å². The molecule has 3 heterocycles. The number of aryl methyl sites for hydroxylation is 1. The minimum absolute atomic E-state index is 0.0876. The van der Waals surface area contributed by atoms with Gasteiger partial charge in [0, 0.05) is 35.8 Å². The first-order valence-corrected chi connectivity index (χ1v) is 12.8. The van der Waals surface area contributed by atoms with Crippen molar-refractivity contribution in [3.8, 4) is 6.07 Å². The van der Waals surface area contributed by atoms with E-state index in [1.165, 1.54) is 4.90 Å². The number of amides is 3. The lowest BCUT2D eigenvalue weighted by molar-refractivity contribution is -0.134. The number of nitrogens with zero attached hydrogens (tertiary/aromatic N) is 3. The largest absolute Gasteiger partial charge is 0.340 e. The molecule has 2 aliphatic heterocycles. The van der Waals surface area contributed by atoms with Crippen LogP contribution in [0.2, 0.25) is 0 Å². The Kier molecular flexibility index (Phi) is 6.18. The third kappa shape index (κ3) is 4.49. The molecule has 0 bridgehead atoms. The van der Waals surface area contributed by atoms with E-state index in [0.717, 1.165) is 22.0 Å². The third-order valence-electron chi connectivity index (χ3n) is 7.42. The minimum atomic E-state index is -0.980. The van der Waals surface area contributed by atoms with Crippen LogP contribution in [0.15, 0.2) is 54.7 Å². The van der Waals surface area contributed by atoms with Gasteiger partial charge in [-0.1, -0.05) is 39.0 Å². The van der Waals surface area contributed by atoms with Gasteiger partial charge in [0.1, 0.15) is 12.1 Å². The van der Waals surface area contributed by atoms with Crippen LogP contribution in [0.25, 0.3) is 10.9 Å². The van der Waals surface area contributed by atoms with E-state index in [2.05, 4.69) is 21.7 Å². The number of pyridine rings is 1. The fraction of sp³-hybridized carbons (Fsp3) is 0.367. The maximum atomic E-state index is 14.0. The molecular weight excluding hydrogens is 478 g/mol. The number of fused-ring (bicyclic) bond motifs is 3. The van der Waals surface area contributed by atoms with E-state index in [0.29, 0.717) is 17.7 Å². The van der Waals surface area contributed by atoms with Crippen molar-refractivity contribution < 1.29 is 14.4 Å². The Labute approximate surface area is 222 Å². The zero-order valence-corrected chi connectivity index (χ0v) is 22.0. The van der Waals surface area contributed by atoms with Crippen molar-refractivity contribution in [3.63, 3.8) is 0 Å². The highest BCUT2D eigenvalue weighted by atomic mass is 16.2. The number of rotatable bonds is 4. The number of anilines is 1. The van der Waals surface area contributed by atoms with E-state index in [1.54, 1.807) is 24.4 Å². The van der Waals surface area contributed by atoms with Crippen LogP contribution in [0.3, 0.4) is 0 Å². The summed E-state index contributed by atoms with van der Waals surface area (Å²) in [6.07, 6.45) is 2.36. The van der Waals surface area contributed by atoms with E-state index in [4.69, 9.17) is 0 Å². The lowest BCUT2D eigenvalue weighted by Crippen LogP contribution is -2.52. The third-order valence-corrected chi connectivity index (χ3v) is 7.42. The highest BCUT2D eigenvalue weighted by Crippen LogP contribution is 2.46. The minimum Gasteiger partial charge on any atom is -0.340 e. The number of nitrogens with one attached hydrogen (secondary N) is 2. The molecule has 3 amide bonds. The molecule has 0 radical (unpaired) electrons. The fourth-order valence-corrected chi connectivity index (χ4v) is 5.62. The van der Waals surface area contributed by atoms with Gasteiger partial charge in [-0.2, -0.15) is 5.26 Å². The van der Waals surface area contributed by atoms with Gasteiger partial charge in [-0.3, -0.25) is 19.4 Å². The molecule has 8 heteroatoms. The number of hydrogen-bond donors (Lipinski definition) is 2. The monoisotopic (exact) mass is 509 g/mol. The van der Waals surface area contributed by atoms with E-state index >= 15 is 0 Å². The van der Waals surface area contributed by atoms with Crippen LogP contribution >= 0.6 is 0 Å². The summed E-state index contributed by atoms with van der Waals surface area (Å²) in [6, 6.07) is 15.2. The lowest BCUT2D eigenvalue weighted by atomic mass is 9.80. The van der Waals surface area contributed by atoms with Gasteiger partial charge in [0.15, 0.2) is 0 Å². The van der Waals surface area contributed by atoms with Gasteiger partial charge in [-0.25, -0.2) is 0 Å². The normalized spacial score (nSPS) is 21.2. The van der Waals surface area contributed by atoms with E-state index in [1.807, 2.05) is 58.0 Å². The number of likely N-dealkylation sites (tertiary alicyclic amines) is 1. The molecule has 2 N–H and O–H groups in total. The van der Waals surface area contributed by atoms with Crippen molar-refractivity contribution in [1.82, 2.24) is 15.2 Å². The summed E-state index contributed by atoms with van der Waals surface area (Å²) < 4.78 is 0. The average Bonchev–Trinajstić information content (AvgIpc) is 3.40. The van der Waals surface area contributed by atoms with Gasteiger partial charge in [0.25, 0.3) is 5.91 Å². The highest BCUT2D eigenvalue weighted by molar-refractivity contribution is 6.07. The predicted molar refractivity (Wildman–Crippen MR) is 144 cm³/mol. The van der Waals surface area contributed by atoms with E-state index < -0.39 is 17.5 Å². The summed E-state index contributed by atoms with van der Waals surface area (Å²) in [7, 11) is 0. The number of hydrogen-bond acceptors (Lipinski definition) is 5. The number of benzene rings is 2. The van der Waals surface area contributed by atoms with Crippen LogP contribution < -0.4 is 10.6 Å². The van der Waals surface area contributed by atoms with Gasteiger partial charge in [-0.15, -0.1) is 0 Å². The maximum Gasteiger partial charge on any atom is 0.251 e. The smallest absolute Gasteiger partial charge is 0.251 e. The zero-order valence-electron chi connectivity index (χ0n) is 22.0. The number of para-hydroxylation sites is 1. The Morgan fingerprint density at radius 3 is 2.74 bits per heavy atom. The summed E-state index contributed by atoms with van der Waals surface area (Å²) in [4.78, 5) is 46.4. The average molecular weight is 510 g/mol. The van der Waals surface area contributed by atoms with Crippen molar-refractivity contribution >= 4 is 34.3 Å². The molecular formula is C30H31N5O3. The molecule has 1 spiro atoms. The second-order valence-electron chi connectivity index (χ2n) is 11.6. The number of aromatic nitrogens is 1. The molecule has 1 aromatic heterocycles. The molecule has 1 saturated heterocycles. The number of carbonyl (C=O) groups excluding carboxylic acids is 3. The highest BCUT2D eigenvalue weighted by Gasteiger charge is 2.56. The maximum absolute atomic E-state index is 14.0. The topological polar surface area (TPSA) is 115 Å². The van der Waals surface area contributed by atoms with Gasteiger partial charge < -0.3 is 15.5 Å². The standard InChI is InChI=1S/C30H31N5O3/c1-18-11-20-12-19(9-10-23(20)32-16-18)26(36)33-25(14-29(2,3)4)27(37)35-17-30(13-21(35)15-31)22-7-5-6-8-24(22)34-28(30)38/h5-12,16,21,25H,13-14,17H2,1-4H3,(H,33,36)(H,34,38)/t21-,25-,30-/m0/s1. The lowest BCUT2D eigenvalue weighted by Gasteiger charge is -2.31. The Balaban J connectivity index is 1.44. The summed E-state index contributed by atoms with van der Waals surface area (Å²) in [5.74, 6) is -0.930. The predicted octanol–water partition coefficient (Wildman–Crippen LogP) is 4.09. The zero-order chi connectivity index (χ0) is 27.2. The molecule has 3 atom stereocenters. The van der Waals surface area contributed by atoms with E-state index in [9.17, 15) is 19.6 Å². The van der Waals surface area contributed by atoms with Crippen LogP contribution in [-0.4, -0.2) is 46.2 Å². The van der Waals surface area contributed by atoms with Crippen LogP contribution in [-0.2, 0) is 15.0 Å². The Hall–Kier alpha value is -4.25. The molecule has 194 valence electrons. The fourth-order valence-electron chi connectivity index (χ4n) is 5.62. The first-order valence-electron chi connectivity index (χ1n) is 12.8. The van der Waals surface area contributed by atoms with Crippen LogP contribution in [0.1, 0.15) is 55.1 Å². The molecule has 0 unspecified atom stereocenters. The van der Waals surface area contributed by atoms with Gasteiger partial charge in [0.2, 0.25) is 11.8 Å². The van der Waals surface area contributed by atoms with Crippen molar-refractivity contribution in [3.05, 3.63) is 71.4 Å². The molecule has 38 heavy (non-hydrogen) atoms. The first kappa shape index (κ1) is 25.4. The SMILES string of the molecule is Cc1cnc2ccc(C(=O)N[C@@H](CC(C)(C)C)C(=O)N3C[C@]4(C[C@H]3C#N)C(=O)Nc3ccccc34)cc2c1. The Bertz CT molecular complexity index is 1500. The molecule has 2 aromatic carbocycles. The Morgan fingerprint density at radius 1 is 1.24 bits per heavy atom. The Morgan fingerprint density at radius 2 is 2.00 bits per heavy atom. The summed E-state index contributed by atoms with van der Waals surface area (Å²) >= 11 is 0. The second-order valence-corrected chi connectivity index (χ2v) is 11.6. The first-order chi connectivity index (χ1) is 18.0. The van der Waals surface area contributed by atoms with Gasteiger partial charge in [0.05, 0.1) is 17.0 Å². The molecule has 0 saturated carbocycles. The quantitative estimate of drug-likeness (QED) is 0.550. The summed E-state index contributed by atoms with van der Waals surface area (Å²) in [5, 5.41) is 16.7. The van der Waals surface area contributed by atoms with E-state index in [-0.39, 0.29) is 36.1 Å². The molecule has 8 nitrogen and oxygen atoms in total.